The summed E-state index contributed by atoms with van der Waals surface area (Å²) in [6.07, 6.45) is 1.26. The minimum atomic E-state index is -3.13. The molecule has 35 heavy (non-hydrogen) atoms. The fourth-order valence-corrected chi connectivity index (χ4v) is 4.33. The van der Waals surface area contributed by atoms with Gasteiger partial charge in [-0.2, -0.15) is 13.8 Å². The molecule has 0 unspecified atom stereocenters. The number of piperazine rings is 1. The van der Waals surface area contributed by atoms with Gasteiger partial charge >= 0.3 is 6.61 Å². The van der Waals surface area contributed by atoms with Crippen molar-refractivity contribution in [1.29, 1.82) is 0 Å². The number of alkyl halides is 2. The number of nitrogens with one attached hydrogen (secondary N) is 2. The Morgan fingerprint density at radius 1 is 1.23 bits per heavy atom. The standard InChI is InChI=1S/C21H21ClF3N7O2S/c1-31-3-5-32(6-4-31)15-9-16(34-20(24)25)14(8-12(15)23)29-21-27-10-11(22)19(30-21)28-13-2-7-35-17(13)18(26)33/h2,7-10,20H,3-6H2,1H3,(H2,26,33)(H2,27,28,29,30). The quantitative estimate of drug-likeness (QED) is 0.398. The van der Waals surface area contributed by atoms with Crippen molar-refractivity contribution >= 4 is 57.7 Å². The molecule has 2 aromatic heterocycles. The molecule has 9 nitrogen and oxygen atoms in total. The van der Waals surface area contributed by atoms with Gasteiger partial charge in [0.1, 0.15) is 15.7 Å². The number of benzene rings is 1. The monoisotopic (exact) mass is 527 g/mol. The molecule has 186 valence electrons. The molecule has 0 bridgehead atoms. The zero-order chi connectivity index (χ0) is 25.1. The van der Waals surface area contributed by atoms with Crippen molar-refractivity contribution in [2.75, 3.05) is 48.8 Å². The third kappa shape index (κ3) is 5.86. The number of thiophene rings is 1. The minimum Gasteiger partial charge on any atom is -0.433 e. The maximum atomic E-state index is 15.0. The summed E-state index contributed by atoms with van der Waals surface area (Å²) in [7, 11) is 1.95. The topological polar surface area (TPSA) is 109 Å². The van der Waals surface area contributed by atoms with Crippen molar-refractivity contribution in [3.05, 3.63) is 45.5 Å². The highest BCUT2D eigenvalue weighted by Crippen LogP contribution is 2.36. The van der Waals surface area contributed by atoms with Crippen LogP contribution in [0.25, 0.3) is 0 Å². The fourth-order valence-electron chi connectivity index (χ4n) is 3.49. The van der Waals surface area contributed by atoms with Gasteiger partial charge in [0, 0.05) is 38.3 Å². The zero-order valence-electron chi connectivity index (χ0n) is 18.4. The molecule has 3 heterocycles. The fraction of sp³-hybridized carbons (Fsp3) is 0.286. The Morgan fingerprint density at radius 3 is 2.66 bits per heavy atom. The molecular weight excluding hydrogens is 507 g/mol. The molecule has 1 aromatic carbocycles. The second kappa shape index (κ2) is 10.5. The van der Waals surface area contributed by atoms with Crippen LogP contribution in [0.2, 0.25) is 5.02 Å². The van der Waals surface area contributed by atoms with Gasteiger partial charge in [-0.05, 0) is 18.5 Å². The van der Waals surface area contributed by atoms with E-state index in [4.69, 9.17) is 17.3 Å². The summed E-state index contributed by atoms with van der Waals surface area (Å²) in [6, 6.07) is 3.91. The van der Waals surface area contributed by atoms with Gasteiger partial charge in [-0.25, -0.2) is 9.37 Å². The van der Waals surface area contributed by atoms with Crippen molar-refractivity contribution < 1.29 is 22.7 Å². The summed E-state index contributed by atoms with van der Waals surface area (Å²) in [6.45, 7) is -0.629. The molecule has 14 heteroatoms. The summed E-state index contributed by atoms with van der Waals surface area (Å²) in [4.78, 5) is 24.0. The van der Waals surface area contributed by atoms with Crippen LogP contribution in [0.15, 0.2) is 29.8 Å². The Morgan fingerprint density at radius 2 is 1.97 bits per heavy atom. The molecule has 1 saturated heterocycles. The minimum absolute atomic E-state index is 0.0707. The van der Waals surface area contributed by atoms with Crippen LogP contribution < -0.4 is 26.0 Å². The lowest BCUT2D eigenvalue weighted by atomic mass is 10.2. The summed E-state index contributed by atoms with van der Waals surface area (Å²) in [5, 5.41) is 7.38. The zero-order valence-corrected chi connectivity index (χ0v) is 20.0. The number of amides is 1. The molecule has 0 atom stereocenters. The predicted octanol–water partition coefficient (Wildman–Crippen LogP) is 4.27. The number of rotatable bonds is 8. The van der Waals surface area contributed by atoms with E-state index in [1.807, 2.05) is 7.05 Å². The maximum absolute atomic E-state index is 15.0. The van der Waals surface area contributed by atoms with Crippen molar-refractivity contribution in [3.63, 3.8) is 0 Å². The van der Waals surface area contributed by atoms with E-state index in [1.54, 1.807) is 16.3 Å². The smallest absolute Gasteiger partial charge is 0.387 e. The molecule has 0 spiro atoms. The second-order valence-electron chi connectivity index (χ2n) is 7.64. The molecule has 1 amide bonds. The van der Waals surface area contributed by atoms with E-state index in [0.29, 0.717) is 31.9 Å². The van der Waals surface area contributed by atoms with Gasteiger partial charge in [0.2, 0.25) is 5.95 Å². The van der Waals surface area contributed by atoms with E-state index in [-0.39, 0.29) is 38.8 Å². The van der Waals surface area contributed by atoms with Crippen LogP contribution >= 0.6 is 22.9 Å². The molecule has 4 rings (SSSR count). The molecule has 0 aliphatic carbocycles. The Labute approximate surface area is 207 Å². The van der Waals surface area contributed by atoms with Crippen LogP contribution in [0.1, 0.15) is 9.67 Å². The van der Waals surface area contributed by atoms with Crippen molar-refractivity contribution in [1.82, 2.24) is 14.9 Å². The summed E-state index contributed by atoms with van der Waals surface area (Å²) >= 11 is 7.31. The molecule has 4 N–H and O–H groups in total. The molecular formula is C21H21ClF3N7O2S. The van der Waals surface area contributed by atoms with E-state index < -0.39 is 18.3 Å². The maximum Gasteiger partial charge on any atom is 0.387 e. The number of carbonyl (C=O) groups is 1. The number of anilines is 5. The average Bonchev–Trinajstić information content (AvgIpc) is 3.27. The van der Waals surface area contributed by atoms with Crippen LogP contribution in [0.4, 0.5) is 42.0 Å². The van der Waals surface area contributed by atoms with Gasteiger partial charge in [-0.1, -0.05) is 11.6 Å². The summed E-state index contributed by atoms with van der Waals surface area (Å²) in [5.41, 5.74) is 5.82. The number of likely N-dealkylation sites (N-methyl/N-ethyl adjacent to an activating group) is 1. The third-order valence-corrected chi connectivity index (χ3v) is 6.45. The number of aromatic nitrogens is 2. The number of hydrogen-bond donors (Lipinski definition) is 3. The molecule has 1 aliphatic rings. The van der Waals surface area contributed by atoms with Crippen LogP contribution in [0.3, 0.4) is 0 Å². The molecule has 3 aromatic rings. The van der Waals surface area contributed by atoms with E-state index in [2.05, 4.69) is 30.2 Å². The summed E-state index contributed by atoms with van der Waals surface area (Å²) < 4.78 is 45.9. The van der Waals surface area contributed by atoms with E-state index >= 15 is 4.39 Å². The molecule has 1 aliphatic heterocycles. The Kier molecular flexibility index (Phi) is 7.48. The first kappa shape index (κ1) is 24.8. The number of nitrogens with zero attached hydrogens (tertiary/aromatic N) is 4. The number of primary amides is 1. The van der Waals surface area contributed by atoms with Gasteiger partial charge in [0.25, 0.3) is 5.91 Å². The van der Waals surface area contributed by atoms with E-state index in [1.165, 1.54) is 12.3 Å². The van der Waals surface area contributed by atoms with Crippen molar-refractivity contribution in [2.24, 2.45) is 5.73 Å². The van der Waals surface area contributed by atoms with Crippen LogP contribution in [-0.2, 0) is 0 Å². The van der Waals surface area contributed by atoms with E-state index in [9.17, 15) is 13.6 Å². The van der Waals surface area contributed by atoms with Crippen LogP contribution in [-0.4, -0.2) is 60.6 Å². The first-order valence-corrected chi connectivity index (χ1v) is 11.6. The Bertz CT molecular complexity index is 1220. The molecule has 0 radical (unpaired) electrons. The number of halogens is 4. The van der Waals surface area contributed by atoms with E-state index in [0.717, 1.165) is 17.4 Å². The second-order valence-corrected chi connectivity index (χ2v) is 8.96. The number of hydrogen-bond acceptors (Lipinski definition) is 9. The SMILES string of the molecule is CN1CCN(c2cc(OC(F)F)c(Nc3ncc(Cl)c(Nc4ccsc4C(N)=O)n3)cc2F)CC1. The van der Waals surface area contributed by atoms with Gasteiger partial charge in [0.05, 0.1) is 23.3 Å². The van der Waals surface area contributed by atoms with Crippen molar-refractivity contribution in [2.45, 2.75) is 6.61 Å². The van der Waals surface area contributed by atoms with Crippen molar-refractivity contribution in [3.8, 4) is 5.75 Å². The van der Waals surface area contributed by atoms with Crippen LogP contribution in [0, 0.1) is 5.82 Å². The highest BCUT2D eigenvalue weighted by atomic mass is 35.5. The van der Waals surface area contributed by atoms with Gasteiger partial charge < -0.3 is 30.9 Å². The van der Waals surface area contributed by atoms with Crippen LogP contribution in [0.5, 0.6) is 5.75 Å². The normalized spacial score (nSPS) is 14.3. The number of carbonyl (C=O) groups excluding carboxylic acids is 1. The number of ether oxygens (including phenoxy) is 1. The lowest BCUT2D eigenvalue weighted by molar-refractivity contribution is -0.0493. The number of nitrogens with two attached hydrogens (primary N) is 1. The average molecular weight is 528 g/mol. The first-order valence-electron chi connectivity index (χ1n) is 10.4. The molecule has 1 fully saturated rings. The largest absolute Gasteiger partial charge is 0.433 e. The van der Waals surface area contributed by atoms with Gasteiger partial charge in [-0.15, -0.1) is 11.3 Å². The first-order chi connectivity index (χ1) is 16.7. The van der Waals surface area contributed by atoms with Gasteiger partial charge in [0.15, 0.2) is 11.6 Å². The lowest BCUT2D eigenvalue weighted by Crippen LogP contribution is -2.44. The molecule has 0 saturated carbocycles. The Balaban J connectivity index is 1.62. The third-order valence-electron chi connectivity index (χ3n) is 5.24. The lowest BCUT2D eigenvalue weighted by Gasteiger charge is -2.34. The summed E-state index contributed by atoms with van der Waals surface area (Å²) in [5.74, 6) is -1.46. The Hall–Kier alpha value is -3.29. The highest BCUT2D eigenvalue weighted by Gasteiger charge is 2.22. The predicted molar refractivity (Wildman–Crippen MR) is 129 cm³/mol. The highest BCUT2D eigenvalue weighted by molar-refractivity contribution is 7.12. The van der Waals surface area contributed by atoms with Gasteiger partial charge in [-0.3, -0.25) is 4.79 Å².